The van der Waals surface area contributed by atoms with E-state index in [1.807, 2.05) is 164 Å². The SMILES string of the molecule is [C-]#[N+]c1ccc2c(c1)c1cc(C#N)ccc1n2-c1ccc(-c2cccc(C#N)c2)cc1-c1cccc(-n2c3ccc([N+]#[C-])cc3c3cc([N+]#[C-])ccc32)c1-c1nc(-c2ccccc2)nc(-c2ccccc2)n1. The van der Waals surface area contributed by atoms with Crippen LogP contribution in [0.25, 0.3) is 126 Å². The molecule has 12 aromatic rings. The highest BCUT2D eigenvalue weighted by Gasteiger charge is 2.26. The molecule has 72 heavy (non-hydrogen) atoms. The van der Waals surface area contributed by atoms with Crippen LogP contribution < -0.4 is 0 Å². The Hall–Kier alpha value is -11.0. The molecule has 10 heteroatoms. The zero-order valence-corrected chi connectivity index (χ0v) is 37.9. The second kappa shape index (κ2) is 17.3. The third kappa shape index (κ3) is 7.04. The Morgan fingerprint density at radius 3 is 1.36 bits per heavy atom. The van der Waals surface area contributed by atoms with Gasteiger partial charge in [-0.2, -0.15) is 10.5 Å². The van der Waals surface area contributed by atoms with Gasteiger partial charge < -0.3 is 9.13 Å². The quantitative estimate of drug-likeness (QED) is 0.148. The molecule has 0 saturated heterocycles. The average Bonchev–Trinajstić information content (AvgIpc) is 3.95. The van der Waals surface area contributed by atoms with E-state index in [9.17, 15) is 10.5 Å². The summed E-state index contributed by atoms with van der Waals surface area (Å²) >= 11 is 0. The van der Waals surface area contributed by atoms with Crippen molar-refractivity contribution in [1.29, 1.82) is 10.5 Å². The lowest BCUT2D eigenvalue weighted by Crippen LogP contribution is -2.06. The number of fused-ring (bicyclic) bond motifs is 6. The van der Waals surface area contributed by atoms with E-state index >= 15 is 0 Å². The number of aromatic nitrogens is 5. The van der Waals surface area contributed by atoms with Crippen molar-refractivity contribution in [2.45, 2.75) is 0 Å². The molecule has 10 nitrogen and oxygen atoms in total. The smallest absolute Gasteiger partial charge is 0.188 e. The Bertz CT molecular complexity index is 4250. The lowest BCUT2D eigenvalue weighted by atomic mass is 9.92. The van der Waals surface area contributed by atoms with Crippen LogP contribution in [0.1, 0.15) is 11.1 Å². The van der Waals surface area contributed by atoms with Crippen molar-refractivity contribution >= 4 is 60.7 Å². The van der Waals surface area contributed by atoms with Crippen molar-refractivity contribution in [3.63, 3.8) is 0 Å². The summed E-state index contributed by atoms with van der Waals surface area (Å²) in [7, 11) is 0. The average molecular weight is 917 g/mol. The van der Waals surface area contributed by atoms with Crippen LogP contribution >= 0.6 is 0 Å². The van der Waals surface area contributed by atoms with E-state index in [1.54, 1.807) is 6.07 Å². The first kappa shape index (κ1) is 42.4. The molecule has 3 aromatic heterocycles. The molecule has 0 aliphatic rings. The summed E-state index contributed by atoms with van der Waals surface area (Å²) < 4.78 is 4.34. The molecule has 0 aliphatic carbocycles. The second-order valence-corrected chi connectivity index (χ2v) is 17.1. The third-order valence-electron chi connectivity index (χ3n) is 13.1. The van der Waals surface area contributed by atoms with Crippen LogP contribution in [0.15, 0.2) is 194 Å². The molecule has 9 aromatic carbocycles. The predicted octanol–water partition coefficient (Wildman–Crippen LogP) is 15.8. The van der Waals surface area contributed by atoms with Gasteiger partial charge in [-0.25, -0.2) is 29.5 Å². The maximum absolute atomic E-state index is 10.1. The fourth-order valence-corrected chi connectivity index (χ4v) is 9.81. The van der Waals surface area contributed by atoms with Crippen molar-refractivity contribution in [2.24, 2.45) is 0 Å². The Kier molecular flexibility index (Phi) is 10.2. The summed E-state index contributed by atoms with van der Waals surface area (Å²) in [6.45, 7) is 23.8. The van der Waals surface area contributed by atoms with Crippen LogP contribution in [0.3, 0.4) is 0 Å². The van der Waals surface area contributed by atoms with E-state index in [1.165, 1.54) is 0 Å². The summed E-state index contributed by atoms with van der Waals surface area (Å²) in [5.74, 6) is 1.34. The molecule has 12 rings (SSSR count). The molecule has 0 radical (unpaired) electrons. The summed E-state index contributed by atoms with van der Waals surface area (Å²) in [5, 5.41) is 23.4. The van der Waals surface area contributed by atoms with Crippen LogP contribution in [0, 0.1) is 42.4 Å². The first-order valence-electron chi connectivity index (χ1n) is 22.8. The van der Waals surface area contributed by atoms with Crippen molar-refractivity contribution in [3.8, 4) is 79.9 Å². The van der Waals surface area contributed by atoms with Gasteiger partial charge in [0.1, 0.15) is 0 Å². The molecule has 0 aliphatic heterocycles. The first-order chi connectivity index (χ1) is 35.4. The molecule has 0 spiro atoms. The number of nitriles is 2. The minimum atomic E-state index is 0.393. The molecule has 330 valence electrons. The van der Waals surface area contributed by atoms with Crippen LogP contribution in [0.5, 0.6) is 0 Å². The molecule has 0 bridgehead atoms. The fourth-order valence-electron chi connectivity index (χ4n) is 9.81. The van der Waals surface area contributed by atoms with Crippen molar-refractivity contribution < 1.29 is 0 Å². The van der Waals surface area contributed by atoms with E-state index in [0.717, 1.165) is 88.4 Å². The third-order valence-corrected chi connectivity index (χ3v) is 13.1. The Morgan fingerprint density at radius 2 is 0.819 bits per heavy atom. The van der Waals surface area contributed by atoms with E-state index < -0.39 is 0 Å². The number of rotatable bonds is 7. The minimum Gasteiger partial charge on any atom is -0.309 e. The zero-order valence-electron chi connectivity index (χ0n) is 37.9. The van der Waals surface area contributed by atoms with Gasteiger partial charge in [-0.3, -0.25) is 0 Å². The topological polar surface area (TPSA) is 109 Å². The summed E-state index contributed by atoms with van der Waals surface area (Å²) in [5.41, 5.74) is 12.8. The first-order valence-corrected chi connectivity index (χ1v) is 22.8. The van der Waals surface area contributed by atoms with E-state index in [-0.39, 0.29) is 0 Å². The zero-order chi connectivity index (χ0) is 48.9. The normalized spacial score (nSPS) is 11.0. The van der Waals surface area contributed by atoms with Crippen molar-refractivity contribution in [1.82, 2.24) is 24.1 Å². The van der Waals surface area contributed by atoms with Crippen LogP contribution in [0.2, 0.25) is 0 Å². The molecule has 0 N–H and O–H groups in total. The largest absolute Gasteiger partial charge is 0.309 e. The van der Waals surface area contributed by atoms with E-state index in [4.69, 9.17) is 34.7 Å². The molecule has 0 fully saturated rings. The maximum atomic E-state index is 10.1. The van der Waals surface area contributed by atoms with Gasteiger partial charge in [0.15, 0.2) is 34.5 Å². The minimum absolute atomic E-state index is 0.393. The van der Waals surface area contributed by atoms with E-state index in [2.05, 4.69) is 60.1 Å². The fraction of sp³-hybridized carbons (Fsp3) is 0. The van der Waals surface area contributed by atoms with Gasteiger partial charge >= 0.3 is 0 Å². The van der Waals surface area contributed by atoms with Gasteiger partial charge in [0.25, 0.3) is 0 Å². The maximum Gasteiger partial charge on any atom is 0.188 e. The van der Waals surface area contributed by atoms with Crippen LogP contribution in [0.4, 0.5) is 17.1 Å². The summed E-state index contributed by atoms with van der Waals surface area (Å²) in [6.07, 6.45) is 0. The lowest BCUT2D eigenvalue weighted by molar-refractivity contribution is 1.06. The molecule has 0 saturated carbocycles. The van der Waals surface area contributed by atoms with Crippen LogP contribution in [-0.4, -0.2) is 24.1 Å². The van der Waals surface area contributed by atoms with E-state index in [0.29, 0.717) is 51.2 Å². The highest BCUT2D eigenvalue weighted by Crippen LogP contribution is 2.46. The van der Waals surface area contributed by atoms with Crippen molar-refractivity contribution in [3.05, 3.63) is 240 Å². The van der Waals surface area contributed by atoms with Gasteiger partial charge in [0.2, 0.25) is 0 Å². The lowest BCUT2D eigenvalue weighted by Gasteiger charge is -2.21. The molecular formula is C62H32N10. The van der Waals surface area contributed by atoms with Gasteiger partial charge in [-0.05, 0) is 118 Å². The Labute approximate surface area is 412 Å². The molecular weight excluding hydrogens is 885 g/mol. The number of benzene rings is 9. The second-order valence-electron chi connectivity index (χ2n) is 17.1. The molecule has 0 amide bonds. The molecule has 0 atom stereocenters. The monoisotopic (exact) mass is 916 g/mol. The standard InChI is InChI=1S/C62H32N10/c1-65-44-22-27-55-50(33-44)48-31-39(37-64)20-25-53(48)71(55)54-26-21-43(42-17-10-12-38(30-42)36-63)32-49(54)47-18-11-19-58(72-56-28-23-45(66-2)34-51(56)52-35-46(67-3)24-29-57(52)72)59(47)62-69-60(40-13-6-4-7-14-40)68-61(70-62)41-15-8-5-9-16-41/h4-35H. The number of hydrogen-bond donors (Lipinski definition) is 0. The molecule has 0 unspecified atom stereocenters. The van der Waals surface area contributed by atoms with Gasteiger partial charge in [-0.15, -0.1) is 0 Å². The number of nitrogens with zero attached hydrogens (tertiary/aromatic N) is 10. The number of hydrogen-bond acceptors (Lipinski definition) is 5. The highest BCUT2D eigenvalue weighted by molar-refractivity contribution is 6.13. The van der Waals surface area contributed by atoms with Gasteiger partial charge in [-0.1, -0.05) is 109 Å². The van der Waals surface area contributed by atoms with Crippen LogP contribution in [-0.2, 0) is 0 Å². The summed E-state index contributed by atoms with van der Waals surface area (Å²) in [6, 6.07) is 66.8. The highest BCUT2D eigenvalue weighted by atomic mass is 15.1. The van der Waals surface area contributed by atoms with Gasteiger partial charge in [0, 0.05) is 22.1 Å². The Balaban J connectivity index is 1.26. The molecule has 3 heterocycles. The van der Waals surface area contributed by atoms with Crippen molar-refractivity contribution in [2.75, 3.05) is 0 Å². The Morgan fingerprint density at radius 1 is 0.361 bits per heavy atom. The summed E-state index contributed by atoms with van der Waals surface area (Å²) in [4.78, 5) is 27.2. The predicted molar refractivity (Wildman–Crippen MR) is 284 cm³/mol. The van der Waals surface area contributed by atoms with Gasteiger partial charge in [0.05, 0.1) is 82.0 Å².